The highest BCUT2D eigenvalue weighted by atomic mass is 35.5. The van der Waals surface area contributed by atoms with Gasteiger partial charge in [0.25, 0.3) is 0 Å². The molecule has 1 saturated heterocycles. The number of nitrogens with two attached hydrogens (primary N) is 1. The van der Waals surface area contributed by atoms with E-state index in [0.717, 1.165) is 25.1 Å². The lowest BCUT2D eigenvalue weighted by atomic mass is 10.00. The largest absolute Gasteiger partial charge is 0.489 e. The van der Waals surface area contributed by atoms with Crippen molar-refractivity contribution >= 4 is 11.6 Å². The summed E-state index contributed by atoms with van der Waals surface area (Å²) in [5, 5.41) is 0.638. The highest BCUT2D eigenvalue weighted by Gasteiger charge is 2.41. The Balaban J connectivity index is 1.71. The van der Waals surface area contributed by atoms with Crippen molar-refractivity contribution < 1.29 is 9.47 Å². The van der Waals surface area contributed by atoms with E-state index in [4.69, 9.17) is 26.8 Å². The molecule has 0 spiro atoms. The van der Waals surface area contributed by atoms with Crippen molar-refractivity contribution in [2.75, 3.05) is 19.8 Å². The van der Waals surface area contributed by atoms with Crippen LogP contribution in [0.25, 0.3) is 0 Å². The Morgan fingerprint density at radius 2 is 1.95 bits per heavy atom. The van der Waals surface area contributed by atoms with Crippen molar-refractivity contribution in [1.82, 2.24) is 4.90 Å². The molecule has 2 aliphatic heterocycles. The summed E-state index contributed by atoms with van der Waals surface area (Å²) in [5.41, 5.74) is 7.53. The molecule has 0 bridgehead atoms. The minimum atomic E-state index is 0.173. The van der Waals surface area contributed by atoms with Crippen LogP contribution in [0.4, 0.5) is 0 Å². The number of benzene rings is 1. The van der Waals surface area contributed by atoms with Gasteiger partial charge in [-0.25, -0.2) is 0 Å². The van der Waals surface area contributed by atoms with Gasteiger partial charge in [-0.05, 0) is 37.0 Å². The highest BCUT2D eigenvalue weighted by molar-refractivity contribution is 6.32. The van der Waals surface area contributed by atoms with E-state index in [0.29, 0.717) is 30.0 Å². The Morgan fingerprint density at radius 3 is 2.76 bits per heavy atom. The first kappa shape index (κ1) is 13.7. The fourth-order valence-corrected chi connectivity index (χ4v) is 3.79. The van der Waals surface area contributed by atoms with Gasteiger partial charge in [-0.2, -0.15) is 0 Å². The molecule has 0 aromatic heterocycles. The smallest absolute Gasteiger partial charge is 0.179 e. The van der Waals surface area contributed by atoms with Crippen LogP contribution in [0.5, 0.6) is 11.5 Å². The van der Waals surface area contributed by atoms with Gasteiger partial charge in [0, 0.05) is 25.0 Å². The van der Waals surface area contributed by atoms with E-state index >= 15 is 0 Å². The molecule has 1 aliphatic carbocycles. The van der Waals surface area contributed by atoms with Gasteiger partial charge in [0.05, 0.1) is 24.3 Å². The monoisotopic (exact) mass is 308 g/mol. The van der Waals surface area contributed by atoms with Gasteiger partial charge in [0.2, 0.25) is 0 Å². The molecule has 4 rings (SSSR count). The van der Waals surface area contributed by atoms with Crippen molar-refractivity contribution in [2.24, 2.45) is 5.73 Å². The van der Waals surface area contributed by atoms with Crippen LogP contribution in [0.15, 0.2) is 12.1 Å². The van der Waals surface area contributed by atoms with Crippen LogP contribution in [0, 0.1) is 0 Å². The quantitative estimate of drug-likeness (QED) is 0.912. The third-order valence-corrected chi connectivity index (χ3v) is 4.95. The molecule has 5 heteroatoms. The normalized spacial score (nSPS) is 29.4. The van der Waals surface area contributed by atoms with Gasteiger partial charge >= 0.3 is 0 Å². The lowest BCUT2D eigenvalue weighted by Crippen LogP contribution is -2.33. The van der Waals surface area contributed by atoms with Gasteiger partial charge in [-0.3, -0.25) is 4.90 Å². The van der Waals surface area contributed by atoms with Crippen molar-refractivity contribution in [1.29, 1.82) is 0 Å². The maximum absolute atomic E-state index is 6.42. The summed E-state index contributed by atoms with van der Waals surface area (Å²) in [7, 11) is 0. The average Bonchev–Trinajstić information content (AvgIpc) is 3.25. The molecular weight excluding hydrogens is 288 g/mol. The summed E-state index contributed by atoms with van der Waals surface area (Å²) >= 11 is 6.42. The number of fused-ring (bicyclic) bond motifs is 1. The standard InChI is InChI=1S/C16H21ClN2O2/c17-12-8-10(9-14-16(12)21-7-1-6-20-14)15-13(18)4-5-19(15)11-2-3-11/h8-9,11,13,15H,1-7,18H2. The minimum absolute atomic E-state index is 0.173. The lowest BCUT2D eigenvalue weighted by molar-refractivity contribution is 0.236. The first-order chi connectivity index (χ1) is 10.2. The number of likely N-dealkylation sites (tertiary alicyclic amines) is 1. The summed E-state index contributed by atoms with van der Waals surface area (Å²) < 4.78 is 11.5. The second-order valence-electron chi connectivity index (χ2n) is 6.25. The predicted molar refractivity (Wildman–Crippen MR) is 82.1 cm³/mol. The van der Waals surface area contributed by atoms with Crippen molar-refractivity contribution in [3.05, 3.63) is 22.7 Å². The molecule has 114 valence electrons. The topological polar surface area (TPSA) is 47.7 Å². The second-order valence-corrected chi connectivity index (χ2v) is 6.65. The van der Waals surface area contributed by atoms with Gasteiger partial charge in [0.15, 0.2) is 11.5 Å². The zero-order chi connectivity index (χ0) is 14.4. The van der Waals surface area contributed by atoms with Crippen LogP contribution >= 0.6 is 11.6 Å². The van der Waals surface area contributed by atoms with Crippen LogP contribution in [-0.4, -0.2) is 36.7 Å². The van der Waals surface area contributed by atoms with Gasteiger partial charge in [0.1, 0.15) is 0 Å². The number of rotatable bonds is 2. The van der Waals surface area contributed by atoms with E-state index in [1.165, 1.54) is 18.4 Å². The zero-order valence-corrected chi connectivity index (χ0v) is 12.8. The maximum atomic E-state index is 6.42. The molecular formula is C16H21ClN2O2. The van der Waals surface area contributed by atoms with E-state index in [1.54, 1.807) is 0 Å². The average molecular weight is 309 g/mol. The molecule has 1 aromatic rings. The van der Waals surface area contributed by atoms with Crippen LogP contribution < -0.4 is 15.2 Å². The zero-order valence-electron chi connectivity index (χ0n) is 12.1. The molecule has 0 amide bonds. The Labute approximate surface area is 130 Å². The van der Waals surface area contributed by atoms with Gasteiger partial charge in [-0.15, -0.1) is 0 Å². The van der Waals surface area contributed by atoms with Crippen LogP contribution in [0.1, 0.15) is 37.3 Å². The summed E-state index contributed by atoms with van der Waals surface area (Å²) in [5.74, 6) is 1.45. The predicted octanol–water partition coefficient (Wildman–Crippen LogP) is 2.74. The molecule has 2 N–H and O–H groups in total. The van der Waals surface area contributed by atoms with Crippen molar-refractivity contribution in [3.63, 3.8) is 0 Å². The van der Waals surface area contributed by atoms with Crippen molar-refractivity contribution in [3.8, 4) is 11.5 Å². The fourth-order valence-electron chi connectivity index (χ4n) is 3.52. The molecule has 4 nitrogen and oxygen atoms in total. The molecule has 2 atom stereocenters. The molecule has 1 saturated carbocycles. The third kappa shape index (κ3) is 2.50. The summed E-state index contributed by atoms with van der Waals surface area (Å²) in [6.07, 6.45) is 4.52. The Bertz CT molecular complexity index is 547. The van der Waals surface area contributed by atoms with E-state index in [1.807, 2.05) is 6.07 Å². The second kappa shape index (κ2) is 5.34. The van der Waals surface area contributed by atoms with Crippen LogP contribution in [0.3, 0.4) is 0 Å². The summed E-state index contributed by atoms with van der Waals surface area (Å²) in [6.45, 7) is 2.42. The Hall–Kier alpha value is -0.970. The molecule has 21 heavy (non-hydrogen) atoms. The molecule has 2 unspecified atom stereocenters. The van der Waals surface area contributed by atoms with Crippen LogP contribution in [-0.2, 0) is 0 Å². The molecule has 3 aliphatic rings. The minimum Gasteiger partial charge on any atom is -0.489 e. The maximum Gasteiger partial charge on any atom is 0.179 e. The van der Waals surface area contributed by atoms with Crippen molar-refractivity contribution in [2.45, 2.75) is 43.8 Å². The van der Waals surface area contributed by atoms with E-state index in [9.17, 15) is 0 Å². The number of ether oxygens (including phenoxy) is 2. The summed E-state index contributed by atoms with van der Waals surface area (Å²) in [6, 6.07) is 5.23. The molecule has 1 aromatic carbocycles. The lowest BCUT2D eigenvalue weighted by Gasteiger charge is -2.28. The van der Waals surface area contributed by atoms with E-state index < -0.39 is 0 Å². The van der Waals surface area contributed by atoms with Gasteiger partial charge in [-0.1, -0.05) is 11.6 Å². The number of halogens is 1. The SMILES string of the molecule is NC1CCN(C2CC2)C1c1cc(Cl)c2c(c1)OCCCO2. The van der Waals surface area contributed by atoms with Gasteiger partial charge < -0.3 is 15.2 Å². The first-order valence-electron chi connectivity index (χ1n) is 7.84. The summed E-state index contributed by atoms with van der Waals surface area (Å²) in [4.78, 5) is 2.54. The number of hydrogen-bond donors (Lipinski definition) is 1. The molecule has 0 radical (unpaired) electrons. The third-order valence-electron chi connectivity index (χ3n) is 4.67. The van der Waals surface area contributed by atoms with E-state index in [2.05, 4.69) is 11.0 Å². The Kier molecular flexibility index (Phi) is 3.48. The highest BCUT2D eigenvalue weighted by Crippen LogP contribution is 2.45. The van der Waals surface area contributed by atoms with E-state index in [-0.39, 0.29) is 12.1 Å². The first-order valence-corrected chi connectivity index (χ1v) is 8.22. The molecule has 2 fully saturated rings. The number of nitrogens with zero attached hydrogens (tertiary/aromatic N) is 1. The fraction of sp³-hybridized carbons (Fsp3) is 0.625. The molecule has 2 heterocycles. The number of hydrogen-bond acceptors (Lipinski definition) is 4. The van der Waals surface area contributed by atoms with Crippen LogP contribution in [0.2, 0.25) is 5.02 Å². The Morgan fingerprint density at radius 1 is 1.14 bits per heavy atom.